The van der Waals surface area contributed by atoms with Gasteiger partial charge in [0.2, 0.25) is 0 Å². The zero-order valence-corrected chi connectivity index (χ0v) is 17.7. The molecule has 0 atom stereocenters. The zero-order chi connectivity index (χ0) is 21.9. The van der Waals surface area contributed by atoms with Gasteiger partial charge in [-0.25, -0.2) is 4.79 Å². The second-order valence-electron chi connectivity index (χ2n) is 8.21. The number of aliphatic carboxylic acids is 1. The lowest BCUT2D eigenvalue weighted by molar-refractivity contribution is -0.131. The van der Waals surface area contributed by atoms with Gasteiger partial charge >= 0.3 is 5.97 Å². The van der Waals surface area contributed by atoms with Gasteiger partial charge in [0.25, 0.3) is 0 Å². The Hall–Kier alpha value is -3.92. The summed E-state index contributed by atoms with van der Waals surface area (Å²) in [6, 6.07) is 25.1. The van der Waals surface area contributed by atoms with Crippen molar-refractivity contribution in [1.29, 1.82) is 0 Å². The Bertz CT molecular complexity index is 1310. The smallest absolute Gasteiger partial charge is 0.328 e. The van der Waals surface area contributed by atoms with E-state index in [1.54, 1.807) is 6.08 Å². The molecule has 0 unspecified atom stereocenters. The van der Waals surface area contributed by atoms with Crippen LogP contribution in [0.5, 0.6) is 0 Å². The van der Waals surface area contributed by atoms with Gasteiger partial charge in [-0.15, -0.1) is 0 Å². The van der Waals surface area contributed by atoms with E-state index in [1.165, 1.54) is 42.0 Å². The van der Waals surface area contributed by atoms with E-state index in [2.05, 4.69) is 70.9 Å². The third-order valence-electron chi connectivity index (χ3n) is 6.24. The first-order valence-electron chi connectivity index (χ1n) is 10.9. The third-order valence-corrected chi connectivity index (χ3v) is 6.24. The molecule has 4 nitrogen and oxygen atoms in total. The van der Waals surface area contributed by atoms with Crippen molar-refractivity contribution < 1.29 is 9.90 Å². The van der Waals surface area contributed by atoms with Crippen molar-refractivity contribution in [1.82, 2.24) is 10.2 Å². The minimum atomic E-state index is -0.947. The topological polar surface area (TPSA) is 66.0 Å². The molecular weight excluding hydrogens is 396 g/mol. The summed E-state index contributed by atoms with van der Waals surface area (Å²) in [5, 5.41) is 17.4. The van der Waals surface area contributed by atoms with Crippen LogP contribution in [-0.2, 0) is 4.79 Å². The van der Waals surface area contributed by atoms with Gasteiger partial charge in [0.05, 0.1) is 11.7 Å². The summed E-state index contributed by atoms with van der Waals surface area (Å²) in [6.45, 7) is 0. The summed E-state index contributed by atoms with van der Waals surface area (Å²) in [5.41, 5.74) is 8.01. The third kappa shape index (κ3) is 3.87. The molecule has 1 aliphatic carbocycles. The maximum atomic E-state index is 10.9. The highest BCUT2D eigenvalue weighted by Gasteiger charge is 2.27. The number of aromatic nitrogens is 2. The lowest BCUT2D eigenvalue weighted by Crippen LogP contribution is -2.15. The van der Waals surface area contributed by atoms with E-state index >= 15 is 0 Å². The van der Waals surface area contributed by atoms with Crippen molar-refractivity contribution >= 4 is 34.1 Å². The summed E-state index contributed by atoms with van der Waals surface area (Å²) in [7, 11) is 0. The number of fused-ring (bicyclic) bond motifs is 1. The summed E-state index contributed by atoms with van der Waals surface area (Å²) >= 11 is 0. The van der Waals surface area contributed by atoms with Crippen molar-refractivity contribution in [3.63, 3.8) is 0 Å². The van der Waals surface area contributed by atoms with E-state index in [0.717, 1.165) is 27.6 Å². The fraction of sp³-hybridized carbons (Fsp3) is 0.143. The predicted octanol–water partition coefficient (Wildman–Crippen LogP) is 6.42. The highest BCUT2D eigenvalue weighted by molar-refractivity contribution is 6.06. The van der Waals surface area contributed by atoms with E-state index in [4.69, 9.17) is 5.11 Å². The molecule has 4 heteroatoms. The summed E-state index contributed by atoms with van der Waals surface area (Å²) in [6.07, 6.45) is 8.32. The maximum Gasteiger partial charge on any atom is 0.328 e. The van der Waals surface area contributed by atoms with Gasteiger partial charge in [0.1, 0.15) is 0 Å². The second kappa shape index (κ2) is 8.67. The molecular formula is C28H24N2O2. The van der Waals surface area contributed by atoms with Gasteiger partial charge in [-0.2, -0.15) is 5.10 Å². The molecule has 0 radical (unpaired) electrons. The van der Waals surface area contributed by atoms with E-state index in [0.29, 0.717) is 5.92 Å². The Morgan fingerprint density at radius 2 is 1.72 bits per heavy atom. The van der Waals surface area contributed by atoms with Gasteiger partial charge in [-0.1, -0.05) is 73.2 Å². The Balaban J connectivity index is 1.75. The highest BCUT2D eigenvalue weighted by Crippen LogP contribution is 2.46. The van der Waals surface area contributed by atoms with Gasteiger partial charge in [-0.3, -0.25) is 5.10 Å². The first kappa shape index (κ1) is 20.0. The Morgan fingerprint density at radius 1 is 0.938 bits per heavy atom. The van der Waals surface area contributed by atoms with Gasteiger partial charge in [0, 0.05) is 11.5 Å². The molecule has 0 aliphatic heterocycles. The number of H-pyrrole nitrogens is 1. The molecule has 1 aromatic heterocycles. The first-order chi connectivity index (χ1) is 15.7. The molecule has 158 valence electrons. The van der Waals surface area contributed by atoms with E-state index in [9.17, 15) is 4.79 Å². The largest absolute Gasteiger partial charge is 0.478 e. The standard InChI is InChI=1S/C28H24N2O2/c31-26(32)17-14-19-12-15-22(16-13-19)28(23-10-5-11-25-24(23)18-29-30-25)27(21-8-4-9-21)20-6-2-1-3-7-20/h1-3,5-7,10-18,21H,4,8-9H2,(H,29,30)(H,31,32)/b17-14+,28-27-. The van der Waals surface area contributed by atoms with Crippen LogP contribution in [0, 0.1) is 5.92 Å². The molecule has 3 aromatic carbocycles. The van der Waals surface area contributed by atoms with Crippen molar-refractivity contribution in [2.45, 2.75) is 19.3 Å². The quantitative estimate of drug-likeness (QED) is 0.279. The number of aromatic amines is 1. The van der Waals surface area contributed by atoms with E-state index in [-0.39, 0.29) is 0 Å². The number of hydrogen-bond acceptors (Lipinski definition) is 2. The number of carboxylic acids is 1. The SMILES string of the molecule is O=C(O)/C=C/c1ccc(/C(=C(\c2ccccc2)C2CCC2)c2cccc3[nH]ncc23)cc1. The molecule has 1 saturated carbocycles. The van der Waals surface area contributed by atoms with Crippen LogP contribution in [-0.4, -0.2) is 21.3 Å². The maximum absolute atomic E-state index is 10.9. The molecule has 2 N–H and O–H groups in total. The average Bonchev–Trinajstić information content (AvgIpc) is 3.27. The molecule has 32 heavy (non-hydrogen) atoms. The normalized spacial score (nSPS) is 15.0. The van der Waals surface area contributed by atoms with Crippen LogP contribution in [0.25, 0.3) is 28.1 Å². The number of carbonyl (C=O) groups is 1. The van der Waals surface area contributed by atoms with Crippen LogP contribution in [0.4, 0.5) is 0 Å². The van der Waals surface area contributed by atoms with E-state index < -0.39 is 5.97 Å². The molecule has 5 rings (SSSR count). The summed E-state index contributed by atoms with van der Waals surface area (Å²) < 4.78 is 0. The van der Waals surface area contributed by atoms with E-state index in [1.807, 2.05) is 18.3 Å². The molecule has 4 aromatic rings. The Morgan fingerprint density at radius 3 is 2.41 bits per heavy atom. The molecule has 0 spiro atoms. The fourth-order valence-corrected chi connectivity index (χ4v) is 4.47. The predicted molar refractivity (Wildman–Crippen MR) is 129 cm³/mol. The van der Waals surface area contributed by atoms with Crippen LogP contribution in [0.15, 0.2) is 85.1 Å². The van der Waals surface area contributed by atoms with Crippen LogP contribution < -0.4 is 0 Å². The number of hydrogen-bond donors (Lipinski definition) is 2. The molecule has 1 heterocycles. The number of rotatable bonds is 6. The van der Waals surface area contributed by atoms with Gasteiger partial charge in [-0.05, 0) is 64.3 Å². The number of allylic oxidation sites excluding steroid dienone is 1. The average molecular weight is 421 g/mol. The number of benzene rings is 3. The summed E-state index contributed by atoms with van der Waals surface area (Å²) in [4.78, 5) is 10.9. The minimum absolute atomic E-state index is 0.515. The molecule has 0 amide bonds. The number of carboxylic acid groups (broad SMARTS) is 1. The van der Waals surface area contributed by atoms with Crippen molar-refractivity contribution in [3.8, 4) is 0 Å². The molecule has 0 saturated heterocycles. The lowest BCUT2D eigenvalue weighted by Gasteiger charge is -2.31. The van der Waals surface area contributed by atoms with Gasteiger partial charge < -0.3 is 5.11 Å². The molecule has 1 fully saturated rings. The molecule has 0 bridgehead atoms. The number of nitrogens with one attached hydrogen (secondary N) is 1. The van der Waals surface area contributed by atoms with Crippen LogP contribution in [0.3, 0.4) is 0 Å². The minimum Gasteiger partial charge on any atom is -0.478 e. The summed E-state index contributed by atoms with van der Waals surface area (Å²) in [5.74, 6) is -0.432. The zero-order valence-electron chi connectivity index (χ0n) is 17.7. The highest BCUT2D eigenvalue weighted by atomic mass is 16.4. The Kier molecular flexibility index (Phi) is 5.42. The second-order valence-corrected chi connectivity index (χ2v) is 8.21. The van der Waals surface area contributed by atoms with Crippen LogP contribution >= 0.6 is 0 Å². The van der Waals surface area contributed by atoms with Crippen LogP contribution in [0.2, 0.25) is 0 Å². The number of nitrogens with zero attached hydrogens (tertiary/aromatic N) is 1. The van der Waals surface area contributed by atoms with Crippen molar-refractivity contribution in [2.24, 2.45) is 5.92 Å². The van der Waals surface area contributed by atoms with Crippen molar-refractivity contribution in [2.75, 3.05) is 0 Å². The lowest BCUT2D eigenvalue weighted by atomic mass is 9.73. The molecule has 1 aliphatic rings. The monoisotopic (exact) mass is 420 g/mol. The van der Waals surface area contributed by atoms with Crippen molar-refractivity contribution in [3.05, 3.63) is 107 Å². The Labute approximate surface area is 186 Å². The fourth-order valence-electron chi connectivity index (χ4n) is 4.47. The van der Waals surface area contributed by atoms with Gasteiger partial charge in [0.15, 0.2) is 0 Å². The first-order valence-corrected chi connectivity index (χ1v) is 10.9. The van der Waals surface area contributed by atoms with Crippen LogP contribution in [0.1, 0.15) is 41.5 Å².